The van der Waals surface area contributed by atoms with Crippen molar-refractivity contribution in [2.24, 2.45) is 5.73 Å². The second-order valence-electron chi connectivity index (χ2n) is 4.21. The van der Waals surface area contributed by atoms with Crippen molar-refractivity contribution in [3.63, 3.8) is 0 Å². The smallest absolute Gasteiger partial charge is 0.661 e. The molecule has 4 heteroatoms. The minimum absolute atomic E-state index is 0. The molecule has 19 heavy (non-hydrogen) atoms. The first-order valence-corrected chi connectivity index (χ1v) is 6.21. The fourth-order valence-electron chi connectivity index (χ4n) is 2.13. The van der Waals surface area contributed by atoms with Crippen LogP contribution in [-0.4, -0.2) is 25.8 Å². The van der Waals surface area contributed by atoms with Gasteiger partial charge in [-0.1, -0.05) is 36.4 Å². The summed E-state index contributed by atoms with van der Waals surface area (Å²) in [6.07, 6.45) is 2.34. The largest absolute Gasteiger partial charge is 1.00 e. The molecule has 0 radical (unpaired) electrons. The molecule has 2 aromatic rings. The number of hydrogen-bond donors (Lipinski definition) is 2. The van der Waals surface area contributed by atoms with Gasteiger partial charge >= 0.3 is 51.4 Å². The number of fused-ring (bicyclic) bond motifs is 1. The summed E-state index contributed by atoms with van der Waals surface area (Å²) in [5, 5.41) is 14.2. The van der Waals surface area contributed by atoms with Gasteiger partial charge in [-0.05, 0) is 34.9 Å². The molecule has 0 aromatic heterocycles. The summed E-state index contributed by atoms with van der Waals surface area (Å²) in [5.41, 5.74) is 7.67. The Balaban J connectivity index is 0.00000180. The van der Waals surface area contributed by atoms with Crippen molar-refractivity contribution in [1.29, 1.82) is 5.41 Å². The maximum atomic E-state index is 7.43. The zero-order valence-electron chi connectivity index (χ0n) is 11.4. The van der Waals surface area contributed by atoms with E-state index in [0.29, 0.717) is 6.54 Å². The molecule has 0 bridgehead atoms. The van der Waals surface area contributed by atoms with Gasteiger partial charge in [-0.25, -0.2) is 0 Å². The van der Waals surface area contributed by atoms with Gasteiger partial charge in [0.1, 0.15) is 0 Å². The SMILES string of the molecule is N=Cc1ccc(CC[N-]CCN)c2ccccc12.[K+]. The molecule has 0 amide bonds. The van der Waals surface area contributed by atoms with Gasteiger partial charge in [-0.3, -0.25) is 0 Å². The first-order valence-electron chi connectivity index (χ1n) is 6.21. The van der Waals surface area contributed by atoms with Crippen LogP contribution in [0, 0.1) is 5.41 Å². The molecule has 3 nitrogen and oxygen atoms in total. The van der Waals surface area contributed by atoms with Gasteiger partial charge in [0.05, 0.1) is 0 Å². The first kappa shape index (κ1) is 17.0. The number of nitrogens with two attached hydrogens (primary N) is 1. The van der Waals surface area contributed by atoms with Gasteiger partial charge in [-0.2, -0.15) is 0 Å². The van der Waals surface area contributed by atoms with Crippen molar-refractivity contribution in [2.75, 3.05) is 19.6 Å². The van der Waals surface area contributed by atoms with Crippen molar-refractivity contribution in [2.45, 2.75) is 6.42 Å². The second-order valence-corrected chi connectivity index (χ2v) is 4.21. The van der Waals surface area contributed by atoms with E-state index >= 15 is 0 Å². The molecule has 0 saturated heterocycles. The third-order valence-corrected chi connectivity index (χ3v) is 3.03. The third-order valence-electron chi connectivity index (χ3n) is 3.03. The van der Waals surface area contributed by atoms with Crippen LogP contribution in [0.5, 0.6) is 0 Å². The van der Waals surface area contributed by atoms with E-state index in [4.69, 9.17) is 11.1 Å². The van der Waals surface area contributed by atoms with Gasteiger partial charge in [0.2, 0.25) is 0 Å². The van der Waals surface area contributed by atoms with E-state index in [1.165, 1.54) is 17.2 Å². The number of nitrogens with one attached hydrogen (secondary N) is 1. The van der Waals surface area contributed by atoms with E-state index in [2.05, 4.69) is 23.5 Å². The molecule has 0 spiro atoms. The molecule has 0 fully saturated rings. The van der Waals surface area contributed by atoms with Crippen LogP contribution in [0.1, 0.15) is 11.1 Å². The summed E-state index contributed by atoms with van der Waals surface area (Å²) in [4.78, 5) is 0. The maximum absolute atomic E-state index is 7.43. The summed E-state index contributed by atoms with van der Waals surface area (Å²) >= 11 is 0. The Morgan fingerprint density at radius 3 is 2.47 bits per heavy atom. The van der Waals surface area contributed by atoms with Crippen LogP contribution in [-0.2, 0) is 6.42 Å². The molecule has 0 atom stereocenters. The standard InChI is InChI=1S/C15H18N3.K/c16-8-10-18-9-7-12-5-6-13(11-17)15-4-2-1-3-14(12)15;/h1-6,11,17H,7-10,16H2;/q-1;+1. The van der Waals surface area contributed by atoms with Gasteiger partial charge in [0.25, 0.3) is 0 Å². The number of rotatable bonds is 6. The van der Waals surface area contributed by atoms with Crippen LogP contribution < -0.4 is 57.1 Å². The molecule has 0 aliphatic heterocycles. The van der Waals surface area contributed by atoms with Gasteiger partial charge in [-0.15, -0.1) is 13.1 Å². The van der Waals surface area contributed by atoms with E-state index in [-0.39, 0.29) is 51.4 Å². The molecule has 0 aliphatic rings. The molecule has 0 aliphatic carbocycles. The molecule has 3 N–H and O–H groups in total. The normalized spacial score (nSPS) is 10.2. The fourth-order valence-corrected chi connectivity index (χ4v) is 2.13. The molecule has 0 heterocycles. The van der Waals surface area contributed by atoms with E-state index in [9.17, 15) is 0 Å². The topological polar surface area (TPSA) is 64.0 Å². The molecule has 94 valence electrons. The summed E-state index contributed by atoms with van der Waals surface area (Å²) in [6, 6.07) is 12.3. The van der Waals surface area contributed by atoms with E-state index in [1.54, 1.807) is 0 Å². The Hall–Kier alpha value is -0.0736. The maximum Gasteiger partial charge on any atom is 1.00 e. The quantitative estimate of drug-likeness (QED) is 0.426. The molecular weight excluding hydrogens is 261 g/mol. The minimum atomic E-state index is 0. The third kappa shape index (κ3) is 4.46. The van der Waals surface area contributed by atoms with Crippen LogP contribution in [0.3, 0.4) is 0 Å². The van der Waals surface area contributed by atoms with Crippen molar-refractivity contribution in [3.8, 4) is 0 Å². The summed E-state index contributed by atoms with van der Waals surface area (Å²) in [7, 11) is 0. The number of hydrogen-bond acceptors (Lipinski definition) is 2. The zero-order valence-corrected chi connectivity index (χ0v) is 14.5. The zero-order chi connectivity index (χ0) is 12.8. The predicted octanol–water partition coefficient (Wildman–Crippen LogP) is -0.284. The summed E-state index contributed by atoms with van der Waals surface area (Å²) in [5.74, 6) is 0. The van der Waals surface area contributed by atoms with E-state index < -0.39 is 0 Å². The van der Waals surface area contributed by atoms with Crippen LogP contribution in [0.2, 0.25) is 0 Å². The van der Waals surface area contributed by atoms with Crippen LogP contribution in [0.15, 0.2) is 36.4 Å². The second kappa shape index (κ2) is 8.97. The Bertz CT molecular complexity index is 540. The fraction of sp³-hybridized carbons (Fsp3) is 0.267. The van der Waals surface area contributed by atoms with Gasteiger partial charge in [0.15, 0.2) is 0 Å². The summed E-state index contributed by atoms with van der Waals surface area (Å²) in [6.45, 7) is 2.16. The molecule has 0 unspecified atom stereocenters. The average Bonchev–Trinajstić information content (AvgIpc) is 2.43. The van der Waals surface area contributed by atoms with Gasteiger partial charge in [0, 0.05) is 6.21 Å². The predicted molar refractivity (Wildman–Crippen MR) is 77.7 cm³/mol. The molecule has 0 saturated carbocycles. The Morgan fingerprint density at radius 1 is 1.05 bits per heavy atom. The molecule has 2 rings (SSSR count). The van der Waals surface area contributed by atoms with Crippen LogP contribution >= 0.6 is 0 Å². The van der Waals surface area contributed by atoms with Crippen molar-refractivity contribution in [1.82, 2.24) is 0 Å². The van der Waals surface area contributed by atoms with Crippen molar-refractivity contribution in [3.05, 3.63) is 52.8 Å². The Kier molecular flexibility index (Phi) is 8.02. The Morgan fingerprint density at radius 2 is 1.79 bits per heavy atom. The molecule has 2 aromatic carbocycles. The van der Waals surface area contributed by atoms with Crippen molar-refractivity contribution >= 4 is 17.0 Å². The Labute approximate surface area is 156 Å². The van der Waals surface area contributed by atoms with Gasteiger partial charge < -0.3 is 16.5 Å². The first-order chi connectivity index (χ1) is 8.86. The van der Waals surface area contributed by atoms with E-state index in [1.807, 2.05) is 18.2 Å². The number of nitrogens with zero attached hydrogens (tertiary/aromatic N) is 1. The van der Waals surface area contributed by atoms with Crippen LogP contribution in [0.25, 0.3) is 16.1 Å². The average molecular weight is 279 g/mol. The minimum Gasteiger partial charge on any atom is -0.661 e. The van der Waals surface area contributed by atoms with Crippen LogP contribution in [0.4, 0.5) is 0 Å². The monoisotopic (exact) mass is 279 g/mol. The summed E-state index contributed by atoms with van der Waals surface area (Å²) < 4.78 is 0. The van der Waals surface area contributed by atoms with E-state index in [0.717, 1.165) is 30.5 Å². The number of benzene rings is 2. The van der Waals surface area contributed by atoms with Crippen molar-refractivity contribution < 1.29 is 51.4 Å². The molecular formula is C15H18KN3.